The molecule has 0 saturated carbocycles. The van der Waals surface area contributed by atoms with E-state index in [4.69, 9.17) is 5.73 Å². The molecule has 2 aliphatic heterocycles. The van der Waals surface area contributed by atoms with Crippen molar-refractivity contribution in [2.24, 2.45) is 25.7 Å². The third kappa shape index (κ3) is 3.54. The average molecular weight is 333 g/mol. The second-order valence-electron chi connectivity index (χ2n) is 4.78. The molecular formula is C16H15FeN5. The van der Waals surface area contributed by atoms with Gasteiger partial charge in [0.25, 0.3) is 0 Å². The second kappa shape index (κ2) is 7.22. The van der Waals surface area contributed by atoms with Gasteiger partial charge in [0.15, 0.2) is 5.84 Å². The van der Waals surface area contributed by atoms with Crippen LogP contribution in [0.5, 0.6) is 0 Å². The van der Waals surface area contributed by atoms with E-state index in [2.05, 4.69) is 20.0 Å². The van der Waals surface area contributed by atoms with E-state index in [1.54, 1.807) is 0 Å². The summed E-state index contributed by atoms with van der Waals surface area (Å²) < 4.78 is 0. The molecule has 2 aliphatic rings. The standard InChI is InChI=1S/C11H10N5.C5H5.Fe/c12-11(5-8-3-1-2-4-8)9-10(14-6-13-9)15-7-16-11;1-2-4-5-3-1;/h1-4,6-7H,5,12H2;1-5H;/q2*-1;+2. The fourth-order valence-corrected chi connectivity index (χ4v) is 2.20. The number of hydrogen-bond acceptors (Lipinski definition) is 5. The molecule has 0 fully saturated rings. The maximum Gasteiger partial charge on any atom is 2.00 e. The summed E-state index contributed by atoms with van der Waals surface area (Å²) >= 11 is 0. The Labute approximate surface area is 139 Å². The molecule has 22 heavy (non-hydrogen) atoms. The topological polar surface area (TPSA) is 75.5 Å². The molecule has 0 aromatic heterocycles. The van der Waals surface area contributed by atoms with Gasteiger partial charge in [-0.05, 0) is 6.42 Å². The molecule has 0 saturated heterocycles. The minimum Gasteiger partial charge on any atom is -0.303 e. The van der Waals surface area contributed by atoms with Crippen molar-refractivity contribution in [1.29, 1.82) is 0 Å². The number of aliphatic imine (C=N–C) groups is 4. The first-order valence-corrected chi connectivity index (χ1v) is 6.67. The van der Waals surface area contributed by atoms with Crippen LogP contribution in [-0.4, -0.2) is 29.9 Å². The largest absolute Gasteiger partial charge is 2.00 e. The van der Waals surface area contributed by atoms with E-state index in [0.717, 1.165) is 5.56 Å². The van der Waals surface area contributed by atoms with Crippen molar-refractivity contribution < 1.29 is 17.1 Å². The van der Waals surface area contributed by atoms with Crippen molar-refractivity contribution >= 4 is 24.2 Å². The molecule has 4 rings (SSSR count). The van der Waals surface area contributed by atoms with Crippen LogP contribution < -0.4 is 5.73 Å². The molecule has 0 amide bonds. The maximum absolute atomic E-state index is 6.25. The van der Waals surface area contributed by atoms with Crippen LogP contribution in [0.2, 0.25) is 0 Å². The van der Waals surface area contributed by atoms with Gasteiger partial charge in [0.1, 0.15) is 24.1 Å². The third-order valence-electron chi connectivity index (χ3n) is 3.22. The van der Waals surface area contributed by atoms with Gasteiger partial charge in [0.05, 0.1) is 0 Å². The van der Waals surface area contributed by atoms with Gasteiger partial charge < -0.3 is 5.73 Å². The average Bonchev–Trinajstić information content (AvgIpc) is 3.24. The Morgan fingerprint density at radius 1 is 1.05 bits per heavy atom. The van der Waals surface area contributed by atoms with Gasteiger partial charge in [-0.15, -0.1) is 0 Å². The fraction of sp³-hybridized carbons (Fsp3) is 0.125. The molecule has 0 spiro atoms. The molecule has 1 atom stereocenters. The molecule has 2 heterocycles. The minimum atomic E-state index is -0.831. The zero-order valence-corrected chi connectivity index (χ0v) is 12.9. The summed E-state index contributed by atoms with van der Waals surface area (Å²) in [5, 5.41) is 0. The first-order chi connectivity index (χ1) is 10.3. The van der Waals surface area contributed by atoms with Gasteiger partial charge >= 0.3 is 17.1 Å². The fourth-order valence-electron chi connectivity index (χ4n) is 2.20. The predicted molar refractivity (Wildman–Crippen MR) is 86.5 cm³/mol. The summed E-state index contributed by atoms with van der Waals surface area (Å²) in [7, 11) is 0. The molecule has 0 radical (unpaired) electrons. The summed E-state index contributed by atoms with van der Waals surface area (Å²) in [6, 6.07) is 18.0. The number of fused-ring (bicyclic) bond motifs is 1. The van der Waals surface area contributed by atoms with Gasteiger partial charge in [-0.1, -0.05) is 0 Å². The monoisotopic (exact) mass is 333 g/mol. The van der Waals surface area contributed by atoms with Gasteiger partial charge in [0.2, 0.25) is 0 Å². The number of amidine groups is 1. The Balaban J connectivity index is 0.000000253. The molecular weight excluding hydrogens is 318 g/mol. The zero-order valence-electron chi connectivity index (χ0n) is 11.8. The number of hydrogen-bond donors (Lipinski definition) is 1. The summed E-state index contributed by atoms with van der Waals surface area (Å²) in [6.07, 6.45) is 3.53. The Morgan fingerprint density at radius 2 is 1.77 bits per heavy atom. The van der Waals surface area contributed by atoms with Crippen LogP contribution in [0.1, 0.15) is 5.56 Å². The Morgan fingerprint density at radius 3 is 2.41 bits per heavy atom. The van der Waals surface area contributed by atoms with E-state index in [9.17, 15) is 0 Å². The Kier molecular flexibility index (Phi) is 5.33. The van der Waals surface area contributed by atoms with Crippen LogP contribution in [0.3, 0.4) is 0 Å². The van der Waals surface area contributed by atoms with E-state index in [0.29, 0.717) is 18.0 Å². The molecule has 5 nitrogen and oxygen atoms in total. The first kappa shape index (κ1) is 16.2. The van der Waals surface area contributed by atoms with Crippen LogP contribution in [0.15, 0.2) is 74.6 Å². The van der Waals surface area contributed by atoms with Crippen LogP contribution in [0.4, 0.5) is 0 Å². The zero-order chi connectivity index (χ0) is 14.5. The van der Waals surface area contributed by atoms with Crippen LogP contribution in [0.25, 0.3) is 0 Å². The number of nitrogens with two attached hydrogens (primary N) is 1. The normalized spacial score (nSPS) is 21.1. The van der Waals surface area contributed by atoms with E-state index in [-0.39, 0.29) is 17.1 Å². The second-order valence-corrected chi connectivity index (χ2v) is 4.78. The van der Waals surface area contributed by atoms with E-state index in [1.807, 2.05) is 54.6 Å². The van der Waals surface area contributed by atoms with E-state index >= 15 is 0 Å². The third-order valence-corrected chi connectivity index (χ3v) is 3.22. The summed E-state index contributed by atoms with van der Waals surface area (Å²) in [5.41, 5.74) is 7.20. The number of nitrogens with zero attached hydrogens (tertiary/aromatic N) is 4. The summed E-state index contributed by atoms with van der Waals surface area (Å²) in [5.74, 6) is 0.573. The minimum absolute atomic E-state index is 0. The van der Waals surface area contributed by atoms with Gasteiger partial charge in [-0.2, -0.15) is 35.9 Å². The molecule has 0 bridgehead atoms. The quantitative estimate of drug-likeness (QED) is 0.662. The van der Waals surface area contributed by atoms with E-state index in [1.165, 1.54) is 12.7 Å². The van der Waals surface area contributed by atoms with Gasteiger partial charge in [-0.3, -0.25) is 0 Å². The van der Waals surface area contributed by atoms with Crippen LogP contribution in [0, 0.1) is 0 Å². The van der Waals surface area contributed by atoms with Crippen molar-refractivity contribution in [2.45, 2.75) is 12.1 Å². The molecule has 112 valence electrons. The van der Waals surface area contributed by atoms with Crippen LogP contribution >= 0.6 is 0 Å². The predicted octanol–water partition coefficient (Wildman–Crippen LogP) is 1.93. The van der Waals surface area contributed by atoms with Crippen molar-refractivity contribution in [1.82, 2.24) is 0 Å². The summed E-state index contributed by atoms with van der Waals surface area (Å²) in [4.78, 5) is 16.4. The van der Waals surface area contributed by atoms with Crippen LogP contribution in [-0.2, 0) is 23.5 Å². The van der Waals surface area contributed by atoms with Gasteiger partial charge in [-0.25, -0.2) is 44.2 Å². The van der Waals surface area contributed by atoms with Crippen molar-refractivity contribution in [3.63, 3.8) is 0 Å². The maximum atomic E-state index is 6.25. The van der Waals surface area contributed by atoms with Crippen molar-refractivity contribution in [3.8, 4) is 0 Å². The molecule has 2 aromatic carbocycles. The first-order valence-electron chi connectivity index (χ1n) is 6.67. The molecule has 6 heteroatoms. The molecule has 2 aromatic rings. The van der Waals surface area contributed by atoms with Gasteiger partial charge in [0, 0.05) is 0 Å². The number of rotatable bonds is 2. The molecule has 1 unspecified atom stereocenters. The Bertz CT molecular complexity index is 678. The SMILES string of the molecule is NC1(C[c-]2cccc2)N=CN=C2N=CN=C21.[Fe+2].c1cc[cH-]c1. The Hall–Kier alpha value is -2.14. The van der Waals surface area contributed by atoms with Crippen molar-refractivity contribution in [2.75, 3.05) is 0 Å². The van der Waals surface area contributed by atoms with Crippen molar-refractivity contribution in [3.05, 3.63) is 60.2 Å². The smallest absolute Gasteiger partial charge is 0.303 e. The summed E-state index contributed by atoms with van der Waals surface area (Å²) in [6.45, 7) is 0. The molecule has 0 aliphatic carbocycles. The molecule has 2 N–H and O–H groups in total. The van der Waals surface area contributed by atoms with E-state index < -0.39 is 5.66 Å².